The van der Waals surface area contributed by atoms with Crippen LogP contribution in [0.15, 0.2) is 53.4 Å². The Bertz CT molecular complexity index is 1060. The number of nitrogens with one attached hydrogen (secondary N) is 1. The van der Waals surface area contributed by atoms with Gasteiger partial charge in [-0.3, -0.25) is 9.59 Å². The molecule has 5 nitrogen and oxygen atoms in total. The highest BCUT2D eigenvalue weighted by Gasteiger charge is 2.18. The van der Waals surface area contributed by atoms with E-state index in [0.717, 1.165) is 11.8 Å². The average Bonchev–Trinajstić information content (AvgIpc) is 2.74. The average molecular weight is 531 g/mol. The van der Waals surface area contributed by atoms with E-state index in [0.29, 0.717) is 21.9 Å². The predicted octanol–water partition coefficient (Wildman–Crippen LogP) is 7.50. The maximum Gasteiger partial charge on any atom is 0.255 e. The highest BCUT2D eigenvalue weighted by atomic mass is 35.5. The van der Waals surface area contributed by atoms with Gasteiger partial charge in [0.2, 0.25) is 5.12 Å². The first-order valence-electron chi connectivity index (χ1n) is 8.93. The quantitative estimate of drug-likeness (QED) is 0.334. The number of carbonyl (C=O) groups excluding carboxylic acids is 2. The number of halogens is 4. The molecule has 0 bridgehead atoms. The van der Waals surface area contributed by atoms with E-state index in [1.165, 1.54) is 38.5 Å². The Labute approximate surface area is 208 Å². The van der Waals surface area contributed by atoms with Crippen molar-refractivity contribution in [1.29, 1.82) is 0 Å². The second-order valence-electron chi connectivity index (χ2n) is 6.29. The summed E-state index contributed by atoms with van der Waals surface area (Å²) in [5.41, 5.74) is 0.964. The van der Waals surface area contributed by atoms with Gasteiger partial charge in [-0.05, 0) is 48.2 Å². The van der Waals surface area contributed by atoms with Gasteiger partial charge in [0.25, 0.3) is 5.91 Å². The van der Waals surface area contributed by atoms with Gasteiger partial charge in [0, 0.05) is 16.0 Å². The molecule has 0 heterocycles. The first-order chi connectivity index (χ1) is 15.2. The van der Waals surface area contributed by atoms with E-state index < -0.39 is 5.91 Å². The molecule has 166 valence electrons. The van der Waals surface area contributed by atoms with Gasteiger partial charge >= 0.3 is 0 Å². The number of anilines is 1. The van der Waals surface area contributed by atoms with E-state index in [4.69, 9.17) is 55.9 Å². The fourth-order valence-electron chi connectivity index (χ4n) is 2.77. The minimum Gasteiger partial charge on any atom is -0.494 e. The molecular weight excluding hydrogens is 516 g/mol. The zero-order valence-corrected chi connectivity index (χ0v) is 20.5. The largest absolute Gasteiger partial charge is 0.494 e. The van der Waals surface area contributed by atoms with E-state index >= 15 is 0 Å². The molecular formula is C22H15Cl4NO4S. The third-order valence-corrected chi connectivity index (χ3v) is 6.36. The molecule has 0 aromatic heterocycles. The summed E-state index contributed by atoms with van der Waals surface area (Å²) in [4.78, 5) is 26.1. The van der Waals surface area contributed by atoms with Gasteiger partial charge in [-0.25, -0.2) is 0 Å². The molecule has 0 saturated heterocycles. The van der Waals surface area contributed by atoms with E-state index in [1.54, 1.807) is 24.3 Å². The van der Waals surface area contributed by atoms with Gasteiger partial charge in [0.15, 0.2) is 11.5 Å². The van der Waals surface area contributed by atoms with Gasteiger partial charge in [0.1, 0.15) is 0 Å². The van der Waals surface area contributed by atoms with Crippen molar-refractivity contribution >= 4 is 74.9 Å². The normalized spacial score (nSPS) is 10.6. The topological polar surface area (TPSA) is 64.6 Å². The summed E-state index contributed by atoms with van der Waals surface area (Å²) in [6, 6.07) is 12.7. The SMILES string of the molecule is COc1c(Cl)cc(C(=O)Nc2ccccc2SC(=O)c2cc(Cl)c(OC)c(Cl)c2)cc1Cl. The third-order valence-electron chi connectivity index (χ3n) is 4.24. The van der Waals surface area contributed by atoms with Crippen molar-refractivity contribution in [3.05, 3.63) is 79.7 Å². The van der Waals surface area contributed by atoms with Crippen LogP contribution in [0.5, 0.6) is 11.5 Å². The Kier molecular flexibility index (Phi) is 8.20. The molecule has 0 radical (unpaired) electrons. The summed E-state index contributed by atoms with van der Waals surface area (Å²) in [7, 11) is 2.87. The molecule has 32 heavy (non-hydrogen) atoms. The molecule has 0 aliphatic carbocycles. The smallest absolute Gasteiger partial charge is 0.255 e. The van der Waals surface area contributed by atoms with E-state index in [1.807, 2.05) is 0 Å². The maximum atomic E-state index is 12.8. The lowest BCUT2D eigenvalue weighted by Crippen LogP contribution is -2.13. The highest BCUT2D eigenvalue weighted by Crippen LogP contribution is 2.37. The van der Waals surface area contributed by atoms with Gasteiger partial charge in [-0.15, -0.1) is 0 Å². The van der Waals surface area contributed by atoms with Crippen molar-refractivity contribution < 1.29 is 19.1 Å². The van der Waals surface area contributed by atoms with Crippen LogP contribution in [0.3, 0.4) is 0 Å². The van der Waals surface area contributed by atoms with Crippen molar-refractivity contribution in [2.24, 2.45) is 0 Å². The summed E-state index contributed by atoms with van der Waals surface area (Å²) in [6.07, 6.45) is 0. The molecule has 0 spiro atoms. The van der Waals surface area contributed by atoms with Crippen molar-refractivity contribution in [3.63, 3.8) is 0 Å². The summed E-state index contributed by atoms with van der Waals surface area (Å²) in [5, 5.41) is 3.31. The van der Waals surface area contributed by atoms with E-state index in [2.05, 4.69) is 5.32 Å². The van der Waals surface area contributed by atoms with Crippen LogP contribution in [0.1, 0.15) is 20.7 Å². The molecule has 1 amide bonds. The molecule has 0 unspecified atom stereocenters. The number of para-hydroxylation sites is 1. The van der Waals surface area contributed by atoms with E-state index in [-0.39, 0.29) is 36.5 Å². The molecule has 0 saturated carbocycles. The number of ether oxygens (including phenoxy) is 2. The number of amides is 1. The standard InChI is InChI=1S/C22H15Cl4NO4S/c1-30-19-13(23)7-11(8-14(19)24)21(28)27-17-5-3-4-6-18(17)32-22(29)12-9-15(25)20(31-2)16(26)10-12/h3-10H,1-2H3,(H,27,28). The molecule has 0 fully saturated rings. The second-order valence-corrected chi connectivity index (χ2v) is 8.93. The van der Waals surface area contributed by atoms with Crippen LogP contribution in [-0.2, 0) is 0 Å². The number of hydrogen-bond acceptors (Lipinski definition) is 5. The van der Waals surface area contributed by atoms with Crippen LogP contribution < -0.4 is 14.8 Å². The Hall–Kier alpha value is -2.09. The Morgan fingerprint density at radius 2 is 1.25 bits per heavy atom. The lowest BCUT2D eigenvalue weighted by molar-refractivity contribution is 0.102. The van der Waals surface area contributed by atoms with Gasteiger partial charge in [-0.2, -0.15) is 0 Å². The molecule has 0 atom stereocenters. The van der Waals surface area contributed by atoms with Gasteiger partial charge in [0.05, 0.1) is 40.0 Å². The molecule has 3 aromatic carbocycles. The Morgan fingerprint density at radius 3 is 1.75 bits per heavy atom. The molecule has 3 rings (SSSR count). The minimum absolute atomic E-state index is 0.205. The monoisotopic (exact) mass is 529 g/mol. The maximum absolute atomic E-state index is 12.8. The minimum atomic E-state index is -0.451. The number of rotatable bonds is 6. The van der Waals surface area contributed by atoms with Crippen molar-refractivity contribution in [3.8, 4) is 11.5 Å². The van der Waals surface area contributed by atoms with Gasteiger partial charge < -0.3 is 14.8 Å². The van der Waals surface area contributed by atoms with Crippen LogP contribution in [-0.4, -0.2) is 25.2 Å². The Morgan fingerprint density at radius 1 is 0.781 bits per heavy atom. The molecule has 0 aliphatic heterocycles. The third kappa shape index (κ3) is 5.45. The fraction of sp³-hybridized carbons (Fsp3) is 0.0909. The molecule has 3 aromatic rings. The van der Waals surface area contributed by atoms with Crippen molar-refractivity contribution in [2.45, 2.75) is 4.90 Å². The van der Waals surface area contributed by atoms with Crippen molar-refractivity contribution in [1.82, 2.24) is 0 Å². The Balaban J connectivity index is 1.84. The zero-order chi connectivity index (χ0) is 23.4. The van der Waals surface area contributed by atoms with E-state index in [9.17, 15) is 9.59 Å². The summed E-state index contributed by atoms with van der Waals surface area (Å²) in [5.74, 6) is 0.120. The number of carbonyl (C=O) groups is 2. The number of hydrogen-bond donors (Lipinski definition) is 1. The van der Waals surface area contributed by atoms with Crippen LogP contribution >= 0.6 is 58.2 Å². The first-order valence-corrected chi connectivity index (χ1v) is 11.3. The summed E-state index contributed by atoms with van der Waals surface area (Å²) in [6.45, 7) is 0. The molecule has 10 heteroatoms. The summed E-state index contributed by atoms with van der Waals surface area (Å²) >= 11 is 25.5. The molecule has 0 aliphatic rings. The van der Waals surface area contributed by atoms with Crippen LogP contribution in [0.2, 0.25) is 20.1 Å². The lowest BCUT2D eigenvalue weighted by Gasteiger charge is -2.12. The lowest BCUT2D eigenvalue weighted by atomic mass is 10.2. The highest BCUT2D eigenvalue weighted by molar-refractivity contribution is 8.14. The summed E-state index contributed by atoms with van der Waals surface area (Å²) < 4.78 is 10.2. The molecule has 1 N–H and O–H groups in total. The number of thioether (sulfide) groups is 1. The van der Waals surface area contributed by atoms with Crippen molar-refractivity contribution in [2.75, 3.05) is 19.5 Å². The second kappa shape index (κ2) is 10.7. The van der Waals surface area contributed by atoms with Crippen LogP contribution in [0, 0.1) is 0 Å². The fourth-order valence-corrected chi connectivity index (χ4v) is 4.86. The van der Waals surface area contributed by atoms with Crippen LogP contribution in [0.4, 0.5) is 5.69 Å². The predicted molar refractivity (Wildman–Crippen MR) is 131 cm³/mol. The number of benzene rings is 3. The number of methoxy groups -OCH3 is 2. The van der Waals surface area contributed by atoms with Crippen LogP contribution in [0.25, 0.3) is 0 Å². The zero-order valence-electron chi connectivity index (χ0n) is 16.7. The van der Waals surface area contributed by atoms with Gasteiger partial charge in [-0.1, -0.05) is 58.5 Å². The first kappa shape index (κ1) is 24.6.